The molecule has 2 heterocycles. The van der Waals surface area contributed by atoms with Crippen LogP contribution in [0.4, 0.5) is 0 Å². The minimum atomic E-state index is 0.100. The van der Waals surface area contributed by atoms with Crippen LogP contribution in [0.2, 0.25) is 0 Å². The number of amides is 1. The summed E-state index contributed by atoms with van der Waals surface area (Å²) < 4.78 is 5.43. The average molecular weight is 235 g/mol. The molecule has 0 bridgehead atoms. The first-order valence-electron chi connectivity index (χ1n) is 6.43. The summed E-state index contributed by atoms with van der Waals surface area (Å²) in [6.45, 7) is 7.78. The van der Waals surface area contributed by atoms with E-state index in [-0.39, 0.29) is 11.8 Å². The molecule has 94 valence electrons. The first-order chi connectivity index (χ1) is 8.09. The summed E-state index contributed by atoms with van der Waals surface area (Å²) in [4.78, 5) is 14.3. The molecule has 0 spiro atoms. The van der Waals surface area contributed by atoms with Gasteiger partial charge in [0.25, 0.3) is 0 Å². The summed E-state index contributed by atoms with van der Waals surface area (Å²) in [7, 11) is 0. The molecule has 0 radical (unpaired) electrons. The van der Waals surface area contributed by atoms with Gasteiger partial charge in [0.15, 0.2) is 0 Å². The largest absolute Gasteiger partial charge is 0.469 e. The van der Waals surface area contributed by atoms with E-state index in [0.29, 0.717) is 12.5 Å². The van der Waals surface area contributed by atoms with E-state index in [1.165, 1.54) is 5.56 Å². The minimum absolute atomic E-state index is 0.100. The monoisotopic (exact) mass is 235 g/mol. The molecule has 1 aliphatic heterocycles. The maximum Gasteiger partial charge on any atom is 0.225 e. The van der Waals surface area contributed by atoms with E-state index in [4.69, 9.17) is 4.42 Å². The van der Waals surface area contributed by atoms with Gasteiger partial charge in [-0.1, -0.05) is 20.8 Å². The van der Waals surface area contributed by atoms with Crippen molar-refractivity contribution in [2.75, 3.05) is 6.54 Å². The highest BCUT2D eigenvalue weighted by Gasteiger charge is 2.25. The van der Waals surface area contributed by atoms with Gasteiger partial charge in [-0.05, 0) is 18.4 Å². The van der Waals surface area contributed by atoms with Crippen LogP contribution in [0.5, 0.6) is 0 Å². The average Bonchev–Trinajstić information content (AvgIpc) is 2.64. The van der Waals surface area contributed by atoms with E-state index >= 15 is 0 Å². The number of carbonyl (C=O) groups excluding carboxylic acids is 1. The van der Waals surface area contributed by atoms with Crippen molar-refractivity contribution in [3.8, 4) is 0 Å². The Labute approximate surface area is 103 Å². The predicted molar refractivity (Wildman–Crippen MR) is 66.4 cm³/mol. The molecule has 2 rings (SSSR count). The van der Waals surface area contributed by atoms with Gasteiger partial charge in [-0.3, -0.25) is 4.79 Å². The predicted octanol–water partition coefficient (Wildman–Crippen LogP) is 2.85. The van der Waals surface area contributed by atoms with Crippen LogP contribution in [0.3, 0.4) is 0 Å². The lowest BCUT2D eigenvalue weighted by Crippen LogP contribution is -2.36. The Morgan fingerprint density at radius 1 is 1.41 bits per heavy atom. The van der Waals surface area contributed by atoms with Crippen LogP contribution >= 0.6 is 0 Å². The third-order valence-electron chi connectivity index (χ3n) is 3.73. The second kappa shape index (κ2) is 4.94. The number of hydrogen-bond acceptors (Lipinski definition) is 2. The normalized spacial score (nSPS) is 17.8. The molecular formula is C14H21NO2. The SMILES string of the molecule is CC(C)C(C)C(=O)N1CCCc2occc2C1. The zero-order valence-electron chi connectivity index (χ0n) is 10.9. The third-order valence-corrected chi connectivity index (χ3v) is 3.73. The Morgan fingerprint density at radius 2 is 2.18 bits per heavy atom. The summed E-state index contributed by atoms with van der Waals surface area (Å²) in [6, 6.07) is 1.99. The summed E-state index contributed by atoms with van der Waals surface area (Å²) in [6.07, 6.45) is 3.67. The van der Waals surface area contributed by atoms with Crippen molar-refractivity contribution in [2.24, 2.45) is 11.8 Å². The Morgan fingerprint density at radius 3 is 2.88 bits per heavy atom. The molecular weight excluding hydrogens is 214 g/mol. The maximum absolute atomic E-state index is 12.3. The van der Waals surface area contributed by atoms with Gasteiger partial charge in [0.1, 0.15) is 5.76 Å². The van der Waals surface area contributed by atoms with Gasteiger partial charge in [0.05, 0.1) is 6.26 Å². The van der Waals surface area contributed by atoms with E-state index in [1.54, 1.807) is 6.26 Å². The molecule has 0 fully saturated rings. The molecule has 3 nitrogen and oxygen atoms in total. The number of fused-ring (bicyclic) bond motifs is 1. The van der Waals surface area contributed by atoms with Gasteiger partial charge < -0.3 is 9.32 Å². The highest BCUT2D eigenvalue weighted by molar-refractivity contribution is 5.78. The number of aryl methyl sites for hydroxylation is 1. The van der Waals surface area contributed by atoms with Crippen molar-refractivity contribution >= 4 is 5.91 Å². The molecule has 0 N–H and O–H groups in total. The van der Waals surface area contributed by atoms with E-state index in [2.05, 4.69) is 13.8 Å². The fourth-order valence-electron chi connectivity index (χ4n) is 2.20. The Hall–Kier alpha value is -1.25. The van der Waals surface area contributed by atoms with E-state index < -0.39 is 0 Å². The first-order valence-corrected chi connectivity index (χ1v) is 6.43. The molecule has 1 amide bonds. The smallest absolute Gasteiger partial charge is 0.225 e. The second-order valence-electron chi connectivity index (χ2n) is 5.27. The summed E-state index contributed by atoms with van der Waals surface area (Å²) in [5.41, 5.74) is 1.17. The van der Waals surface area contributed by atoms with Crippen molar-refractivity contribution in [1.29, 1.82) is 0 Å². The molecule has 1 aromatic heterocycles. The Balaban J connectivity index is 2.10. The molecule has 1 aliphatic rings. The molecule has 1 unspecified atom stereocenters. The topological polar surface area (TPSA) is 33.5 Å². The van der Waals surface area contributed by atoms with Crippen molar-refractivity contribution in [1.82, 2.24) is 4.90 Å². The molecule has 1 aromatic rings. The molecule has 0 aromatic carbocycles. The van der Waals surface area contributed by atoms with Gasteiger partial charge in [0, 0.05) is 31.0 Å². The maximum atomic E-state index is 12.3. The Kier molecular flexibility index (Phi) is 3.55. The van der Waals surface area contributed by atoms with Gasteiger partial charge in [-0.25, -0.2) is 0 Å². The van der Waals surface area contributed by atoms with Crippen molar-refractivity contribution in [2.45, 2.75) is 40.2 Å². The number of nitrogens with zero attached hydrogens (tertiary/aromatic N) is 1. The van der Waals surface area contributed by atoms with Crippen LogP contribution in [-0.2, 0) is 17.8 Å². The summed E-state index contributed by atoms with van der Waals surface area (Å²) >= 11 is 0. The van der Waals surface area contributed by atoms with Crippen LogP contribution in [0.25, 0.3) is 0 Å². The van der Waals surface area contributed by atoms with E-state index in [9.17, 15) is 4.79 Å². The quantitative estimate of drug-likeness (QED) is 0.789. The minimum Gasteiger partial charge on any atom is -0.469 e. The summed E-state index contributed by atoms with van der Waals surface area (Å²) in [5, 5.41) is 0. The highest BCUT2D eigenvalue weighted by atomic mass is 16.3. The van der Waals surface area contributed by atoms with Crippen molar-refractivity contribution in [3.05, 3.63) is 23.7 Å². The lowest BCUT2D eigenvalue weighted by Gasteiger charge is -2.25. The Bertz CT molecular complexity index is 395. The molecule has 3 heteroatoms. The molecule has 0 saturated heterocycles. The van der Waals surface area contributed by atoms with Gasteiger partial charge in [-0.2, -0.15) is 0 Å². The third kappa shape index (κ3) is 2.54. The molecule has 1 atom stereocenters. The van der Waals surface area contributed by atoms with Crippen LogP contribution < -0.4 is 0 Å². The van der Waals surface area contributed by atoms with Crippen LogP contribution in [0.15, 0.2) is 16.7 Å². The fourth-order valence-corrected chi connectivity index (χ4v) is 2.20. The van der Waals surface area contributed by atoms with Crippen molar-refractivity contribution < 1.29 is 9.21 Å². The number of carbonyl (C=O) groups is 1. The van der Waals surface area contributed by atoms with Gasteiger partial charge in [-0.15, -0.1) is 0 Å². The lowest BCUT2D eigenvalue weighted by atomic mass is 9.96. The molecule has 0 saturated carbocycles. The second-order valence-corrected chi connectivity index (χ2v) is 5.27. The standard InChI is InChI=1S/C14H21NO2/c1-10(2)11(3)14(16)15-7-4-5-13-12(9-15)6-8-17-13/h6,8,10-11H,4-5,7,9H2,1-3H3. The molecule has 17 heavy (non-hydrogen) atoms. The fraction of sp³-hybridized carbons (Fsp3) is 0.643. The lowest BCUT2D eigenvalue weighted by molar-refractivity contribution is -0.136. The highest BCUT2D eigenvalue weighted by Crippen LogP contribution is 2.22. The molecule has 0 aliphatic carbocycles. The number of rotatable bonds is 2. The van der Waals surface area contributed by atoms with Gasteiger partial charge >= 0.3 is 0 Å². The van der Waals surface area contributed by atoms with Crippen LogP contribution in [0, 0.1) is 11.8 Å². The van der Waals surface area contributed by atoms with E-state index in [1.807, 2.05) is 17.9 Å². The zero-order chi connectivity index (χ0) is 12.4. The van der Waals surface area contributed by atoms with Crippen LogP contribution in [-0.4, -0.2) is 17.4 Å². The summed E-state index contributed by atoms with van der Waals surface area (Å²) in [5.74, 6) is 1.82. The van der Waals surface area contributed by atoms with E-state index in [0.717, 1.165) is 25.1 Å². The van der Waals surface area contributed by atoms with Crippen molar-refractivity contribution in [3.63, 3.8) is 0 Å². The number of furan rings is 1. The zero-order valence-corrected chi connectivity index (χ0v) is 10.9. The van der Waals surface area contributed by atoms with Gasteiger partial charge in [0.2, 0.25) is 5.91 Å². The van der Waals surface area contributed by atoms with Crippen LogP contribution in [0.1, 0.15) is 38.5 Å². The first kappa shape index (κ1) is 12.2. The number of hydrogen-bond donors (Lipinski definition) is 0.